The van der Waals surface area contributed by atoms with Gasteiger partial charge in [0.05, 0.1) is 0 Å². The number of unbranched alkanes of at least 4 members (excludes halogenated alkanes) is 2. The lowest BCUT2D eigenvalue weighted by atomic mass is 9.95. The highest BCUT2D eigenvalue weighted by Crippen LogP contribution is 2.25. The van der Waals surface area contributed by atoms with Crippen molar-refractivity contribution in [1.29, 1.82) is 0 Å². The molecular weight excluding hydrogens is 216 g/mol. The molecule has 0 spiro atoms. The second kappa shape index (κ2) is 7.50. The molecule has 0 nitrogen and oxygen atoms in total. The minimum atomic E-state index is 0.911. The normalized spacial score (nSPS) is 10.5. The fourth-order valence-corrected chi connectivity index (χ4v) is 1.66. The first-order valence-corrected chi connectivity index (χ1v) is 6.46. The molecule has 0 radical (unpaired) electrons. The molecule has 18 heavy (non-hydrogen) atoms. The number of allylic oxidation sites excluding steroid dienone is 5. The maximum Gasteiger partial charge on any atom is -0.0184 e. The van der Waals surface area contributed by atoms with Crippen LogP contribution in [0.3, 0.4) is 0 Å². The van der Waals surface area contributed by atoms with Crippen molar-refractivity contribution >= 4 is 5.57 Å². The Balaban J connectivity index is 2.62. The molecule has 0 bridgehead atoms. The molecular formula is C18H22. The Bertz CT molecular complexity index is 446. The first-order valence-electron chi connectivity index (χ1n) is 6.46. The molecule has 0 heteroatoms. The van der Waals surface area contributed by atoms with Gasteiger partial charge in [0.15, 0.2) is 0 Å². The van der Waals surface area contributed by atoms with Crippen LogP contribution in [0.15, 0.2) is 73.4 Å². The van der Waals surface area contributed by atoms with E-state index in [1.54, 1.807) is 0 Å². The maximum atomic E-state index is 4.10. The Morgan fingerprint density at radius 1 is 1.11 bits per heavy atom. The Kier molecular flexibility index (Phi) is 5.93. The van der Waals surface area contributed by atoms with E-state index in [1.165, 1.54) is 12.8 Å². The molecule has 0 unspecified atom stereocenters. The van der Waals surface area contributed by atoms with Gasteiger partial charge in [0.2, 0.25) is 0 Å². The summed E-state index contributed by atoms with van der Waals surface area (Å²) >= 11 is 0. The van der Waals surface area contributed by atoms with Crippen LogP contribution in [0.1, 0.15) is 31.7 Å². The van der Waals surface area contributed by atoms with Gasteiger partial charge in [-0.2, -0.15) is 0 Å². The third-order valence-corrected chi connectivity index (χ3v) is 2.92. The van der Waals surface area contributed by atoms with Crippen LogP contribution >= 0.6 is 0 Å². The molecule has 0 heterocycles. The average molecular weight is 238 g/mol. The zero-order valence-corrected chi connectivity index (χ0v) is 11.3. The van der Waals surface area contributed by atoms with E-state index in [0.29, 0.717) is 0 Å². The molecule has 0 aliphatic rings. The van der Waals surface area contributed by atoms with Crippen molar-refractivity contribution < 1.29 is 0 Å². The highest BCUT2D eigenvalue weighted by molar-refractivity contribution is 5.82. The first kappa shape index (κ1) is 14.2. The predicted molar refractivity (Wildman–Crippen MR) is 82.4 cm³/mol. The van der Waals surface area contributed by atoms with Crippen molar-refractivity contribution in [3.8, 4) is 0 Å². The smallest absolute Gasteiger partial charge is 0.0184 e. The third kappa shape index (κ3) is 4.21. The molecule has 1 rings (SSSR count). The molecule has 0 aliphatic carbocycles. The summed E-state index contributed by atoms with van der Waals surface area (Å²) in [4.78, 5) is 0. The van der Waals surface area contributed by atoms with Crippen molar-refractivity contribution in [2.75, 3.05) is 0 Å². The van der Waals surface area contributed by atoms with Crippen molar-refractivity contribution in [3.63, 3.8) is 0 Å². The molecule has 94 valence electrons. The van der Waals surface area contributed by atoms with E-state index in [-0.39, 0.29) is 0 Å². The second-order valence-corrected chi connectivity index (χ2v) is 4.39. The van der Waals surface area contributed by atoms with Crippen LogP contribution in [0.2, 0.25) is 0 Å². The van der Waals surface area contributed by atoms with E-state index in [9.17, 15) is 0 Å². The SMILES string of the molecule is C=C(/C=C/CCCC)C(=C)C(=C)c1ccccc1. The van der Waals surface area contributed by atoms with Crippen LogP contribution in [-0.4, -0.2) is 0 Å². The molecule has 1 aromatic carbocycles. The highest BCUT2D eigenvalue weighted by atomic mass is 14.1. The molecule has 1 aromatic rings. The van der Waals surface area contributed by atoms with Gasteiger partial charge in [-0.3, -0.25) is 0 Å². The molecule has 0 saturated carbocycles. The van der Waals surface area contributed by atoms with Gasteiger partial charge >= 0.3 is 0 Å². The number of hydrogen-bond donors (Lipinski definition) is 0. The highest BCUT2D eigenvalue weighted by Gasteiger charge is 2.04. The van der Waals surface area contributed by atoms with Crippen molar-refractivity contribution in [3.05, 3.63) is 78.9 Å². The van der Waals surface area contributed by atoms with Crippen LogP contribution < -0.4 is 0 Å². The van der Waals surface area contributed by atoms with Gasteiger partial charge in [-0.25, -0.2) is 0 Å². The minimum absolute atomic E-state index is 0.911. The fourth-order valence-electron chi connectivity index (χ4n) is 1.66. The van der Waals surface area contributed by atoms with Gasteiger partial charge in [-0.15, -0.1) is 0 Å². The van der Waals surface area contributed by atoms with Crippen LogP contribution in [0.25, 0.3) is 5.57 Å². The summed E-state index contributed by atoms with van der Waals surface area (Å²) in [7, 11) is 0. The zero-order chi connectivity index (χ0) is 13.4. The molecule has 0 atom stereocenters. The Morgan fingerprint density at radius 2 is 1.78 bits per heavy atom. The molecule has 0 N–H and O–H groups in total. The van der Waals surface area contributed by atoms with Crippen LogP contribution in [0.5, 0.6) is 0 Å². The number of benzene rings is 1. The maximum absolute atomic E-state index is 4.10. The van der Waals surface area contributed by atoms with E-state index in [2.05, 4.69) is 32.7 Å². The van der Waals surface area contributed by atoms with Crippen LogP contribution in [0.4, 0.5) is 0 Å². The van der Waals surface area contributed by atoms with E-state index in [1.807, 2.05) is 36.4 Å². The summed E-state index contributed by atoms with van der Waals surface area (Å²) < 4.78 is 0. The first-order chi connectivity index (χ1) is 8.66. The largest absolute Gasteiger partial charge is 0.0912 e. The summed E-state index contributed by atoms with van der Waals surface area (Å²) in [6, 6.07) is 10.1. The van der Waals surface area contributed by atoms with E-state index >= 15 is 0 Å². The van der Waals surface area contributed by atoms with E-state index in [0.717, 1.165) is 28.7 Å². The topological polar surface area (TPSA) is 0 Å². The minimum Gasteiger partial charge on any atom is -0.0912 e. The summed E-state index contributed by atoms with van der Waals surface area (Å²) in [6.45, 7) is 14.4. The standard InChI is InChI=1S/C18H22/c1-5-6-7-9-12-15(2)16(3)17(4)18-13-10-8-11-14-18/h8-14H,2-7H2,1H3/b12-9+. The van der Waals surface area contributed by atoms with Gasteiger partial charge in [0.25, 0.3) is 0 Å². The number of rotatable bonds is 7. The van der Waals surface area contributed by atoms with Gasteiger partial charge in [0.1, 0.15) is 0 Å². The predicted octanol–water partition coefficient (Wildman–Crippen LogP) is 5.56. The lowest BCUT2D eigenvalue weighted by molar-refractivity contribution is 0.814. The molecule has 0 aliphatic heterocycles. The molecule has 0 aromatic heterocycles. The molecule has 0 saturated heterocycles. The Hall–Kier alpha value is -1.82. The quantitative estimate of drug-likeness (QED) is 0.431. The van der Waals surface area contributed by atoms with Gasteiger partial charge in [0, 0.05) is 0 Å². The fraction of sp³-hybridized carbons (Fsp3) is 0.222. The van der Waals surface area contributed by atoms with E-state index < -0.39 is 0 Å². The van der Waals surface area contributed by atoms with E-state index in [4.69, 9.17) is 0 Å². The van der Waals surface area contributed by atoms with Crippen molar-refractivity contribution in [2.45, 2.75) is 26.2 Å². The van der Waals surface area contributed by atoms with Gasteiger partial charge in [-0.05, 0) is 28.7 Å². The molecule has 0 amide bonds. The average Bonchev–Trinajstić information content (AvgIpc) is 2.42. The lowest BCUT2D eigenvalue weighted by Gasteiger charge is -2.09. The zero-order valence-electron chi connectivity index (χ0n) is 11.3. The van der Waals surface area contributed by atoms with Crippen LogP contribution in [-0.2, 0) is 0 Å². The Morgan fingerprint density at radius 3 is 2.39 bits per heavy atom. The lowest BCUT2D eigenvalue weighted by Crippen LogP contribution is -1.88. The molecule has 0 fully saturated rings. The van der Waals surface area contributed by atoms with Crippen molar-refractivity contribution in [1.82, 2.24) is 0 Å². The van der Waals surface area contributed by atoms with Gasteiger partial charge < -0.3 is 0 Å². The summed E-state index contributed by atoms with van der Waals surface area (Å²) in [5.41, 5.74) is 3.90. The summed E-state index contributed by atoms with van der Waals surface area (Å²) in [5, 5.41) is 0. The third-order valence-electron chi connectivity index (χ3n) is 2.92. The van der Waals surface area contributed by atoms with Crippen molar-refractivity contribution in [2.24, 2.45) is 0 Å². The summed E-state index contributed by atoms with van der Waals surface area (Å²) in [6.07, 6.45) is 7.74. The Labute approximate surface area is 111 Å². The summed E-state index contributed by atoms with van der Waals surface area (Å²) in [5.74, 6) is 0. The monoisotopic (exact) mass is 238 g/mol. The van der Waals surface area contributed by atoms with Gasteiger partial charge in [-0.1, -0.05) is 82.0 Å². The number of hydrogen-bond acceptors (Lipinski definition) is 0. The van der Waals surface area contributed by atoms with Crippen LogP contribution in [0, 0.1) is 0 Å². The second-order valence-electron chi connectivity index (χ2n) is 4.39.